The molecule has 0 atom stereocenters. The highest BCUT2D eigenvalue weighted by Crippen LogP contribution is 2.04. The Hall–Kier alpha value is -2.18. The minimum atomic E-state index is -0.768. The van der Waals surface area contributed by atoms with Crippen LogP contribution < -0.4 is 11.1 Å². The third-order valence-electron chi connectivity index (χ3n) is 2.29. The van der Waals surface area contributed by atoms with Crippen molar-refractivity contribution in [2.75, 3.05) is 11.9 Å². The number of unbranched alkanes of at least 4 members (excludes halogenated alkanes) is 2. The van der Waals surface area contributed by atoms with Crippen LogP contribution in [-0.2, 0) is 4.79 Å². The number of nitrogens with zero attached hydrogens (tertiary/aromatic N) is 2. The lowest BCUT2D eigenvalue weighted by Crippen LogP contribution is -2.14. The molecule has 7 nitrogen and oxygen atoms in total. The Morgan fingerprint density at radius 1 is 1.22 bits per heavy atom. The fraction of sp³-hybridized carbons (Fsp3) is 0.455. The number of aliphatic carboxylic acids is 1. The predicted octanol–water partition coefficient (Wildman–Crippen LogP) is 0.632. The third kappa shape index (κ3) is 5.24. The van der Waals surface area contributed by atoms with Crippen molar-refractivity contribution >= 4 is 17.7 Å². The molecule has 1 aromatic rings. The van der Waals surface area contributed by atoms with Crippen molar-refractivity contribution in [3.63, 3.8) is 0 Å². The number of carboxylic acids is 1. The van der Waals surface area contributed by atoms with Crippen LogP contribution in [0.15, 0.2) is 12.1 Å². The van der Waals surface area contributed by atoms with E-state index in [4.69, 9.17) is 10.8 Å². The highest BCUT2D eigenvalue weighted by molar-refractivity contribution is 5.90. The number of carboxylic acid groups (broad SMARTS) is 1. The summed E-state index contributed by atoms with van der Waals surface area (Å²) in [4.78, 5) is 21.0. The number of rotatable bonds is 8. The van der Waals surface area contributed by atoms with Gasteiger partial charge in [-0.1, -0.05) is 6.42 Å². The van der Waals surface area contributed by atoms with Gasteiger partial charge in [0.15, 0.2) is 5.69 Å². The summed E-state index contributed by atoms with van der Waals surface area (Å²) in [7, 11) is 0. The van der Waals surface area contributed by atoms with E-state index in [9.17, 15) is 9.59 Å². The van der Waals surface area contributed by atoms with E-state index in [0.29, 0.717) is 18.8 Å². The van der Waals surface area contributed by atoms with E-state index in [-0.39, 0.29) is 12.1 Å². The Morgan fingerprint density at radius 3 is 2.56 bits per heavy atom. The van der Waals surface area contributed by atoms with E-state index in [2.05, 4.69) is 15.5 Å². The summed E-state index contributed by atoms with van der Waals surface area (Å²) in [5.74, 6) is -0.808. The summed E-state index contributed by atoms with van der Waals surface area (Å²) in [6, 6.07) is 3.13. The second-order valence-electron chi connectivity index (χ2n) is 3.80. The van der Waals surface area contributed by atoms with Gasteiger partial charge >= 0.3 is 5.97 Å². The number of hydrogen-bond donors (Lipinski definition) is 3. The van der Waals surface area contributed by atoms with Gasteiger partial charge in [-0.3, -0.25) is 9.59 Å². The summed E-state index contributed by atoms with van der Waals surface area (Å²) in [6.45, 7) is 0.685. The third-order valence-corrected chi connectivity index (χ3v) is 2.29. The van der Waals surface area contributed by atoms with Gasteiger partial charge < -0.3 is 16.2 Å². The first-order chi connectivity index (χ1) is 8.59. The first-order valence-corrected chi connectivity index (χ1v) is 5.69. The molecule has 18 heavy (non-hydrogen) atoms. The number of hydrogen-bond acceptors (Lipinski definition) is 5. The van der Waals surface area contributed by atoms with Crippen molar-refractivity contribution in [2.45, 2.75) is 25.7 Å². The van der Waals surface area contributed by atoms with E-state index in [0.717, 1.165) is 12.8 Å². The van der Waals surface area contributed by atoms with Gasteiger partial charge in [0, 0.05) is 13.0 Å². The number of carbonyl (C=O) groups is 2. The second kappa shape index (κ2) is 7.21. The van der Waals surface area contributed by atoms with Gasteiger partial charge in [-0.15, -0.1) is 10.2 Å². The lowest BCUT2D eigenvalue weighted by atomic mass is 10.2. The van der Waals surface area contributed by atoms with Gasteiger partial charge in [0.05, 0.1) is 0 Å². The van der Waals surface area contributed by atoms with Crippen LogP contribution in [0.1, 0.15) is 36.2 Å². The van der Waals surface area contributed by atoms with Crippen LogP contribution in [0.3, 0.4) is 0 Å². The predicted molar refractivity (Wildman–Crippen MR) is 65.1 cm³/mol. The first kappa shape index (κ1) is 13.9. The van der Waals surface area contributed by atoms with Crippen LogP contribution in [-0.4, -0.2) is 33.7 Å². The molecule has 1 aromatic heterocycles. The molecule has 0 unspecified atom stereocenters. The maximum Gasteiger partial charge on any atom is 0.303 e. The van der Waals surface area contributed by atoms with Gasteiger partial charge in [-0.2, -0.15) is 0 Å². The van der Waals surface area contributed by atoms with Gasteiger partial charge in [0.25, 0.3) is 5.91 Å². The van der Waals surface area contributed by atoms with Crippen molar-refractivity contribution in [3.05, 3.63) is 17.8 Å². The first-order valence-electron chi connectivity index (χ1n) is 5.69. The Kier molecular flexibility index (Phi) is 5.56. The molecule has 0 radical (unpaired) electrons. The van der Waals surface area contributed by atoms with Crippen LogP contribution in [0.5, 0.6) is 0 Å². The Morgan fingerprint density at radius 2 is 2.00 bits per heavy atom. The number of nitrogens with two attached hydrogens (primary N) is 1. The average molecular weight is 252 g/mol. The van der Waals surface area contributed by atoms with E-state index in [1.54, 1.807) is 6.07 Å². The van der Waals surface area contributed by atoms with E-state index < -0.39 is 11.9 Å². The van der Waals surface area contributed by atoms with Crippen LogP contribution in [0, 0.1) is 0 Å². The van der Waals surface area contributed by atoms with Crippen molar-refractivity contribution < 1.29 is 14.7 Å². The average Bonchev–Trinajstić information content (AvgIpc) is 2.34. The topological polar surface area (TPSA) is 118 Å². The molecule has 0 aliphatic rings. The van der Waals surface area contributed by atoms with Crippen LogP contribution in [0.25, 0.3) is 0 Å². The summed E-state index contributed by atoms with van der Waals surface area (Å²) in [5.41, 5.74) is 5.16. The molecule has 7 heteroatoms. The molecule has 0 saturated heterocycles. The molecule has 1 amide bonds. The number of primary amides is 1. The standard InChI is InChI=1S/C11H16N4O3/c12-11(18)8-5-6-9(15-14-8)13-7-3-1-2-4-10(16)17/h5-6H,1-4,7H2,(H2,12,18)(H,13,15)(H,16,17). The molecular weight excluding hydrogens is 236 g/mol. The number of nitrogens with one attached hydrogen (secondary N) is 1. The van der Waals surface area contributed by atoms with Crippen LogP contribution >= 0.6 is 0 Å². The quantitative estimate of drug-likeness (QED) is 0.584. The van der Waals surface area contributed by atoms with Crippen molar-refractivity contribution in [3.8, 4) is 0 Å². The number of carbonyl (C=O) groups excluding carboxylic acids is 1. The van der Waals surface area contributed by atoms with Gasteiger partial charge in [0.1, 0.15) is 5.82 Å². The monoisotopic (exact) mass is 252 g/mol. The SMILES string of the molecule is NC(=O)c1ccc(NCCCCCC(=O)O)nn1. The molecule has 0 saturated carbocycles. The molecule has 98 valence electrons. The molecule has 0 aromatic carbocycles. The van der Waals surface area contributed by atoms with Gasteiger partial charge in [-0.25, -0.2) is 0 Å². The molecule has 0 aliphatic heterocycles. The molecule has 0 spiro atoms. The molecule has 1 rings (SSSR count). The smallest absolute Gasteiger partial charge is 0.303 e. The molecular formula is C11H16N4O3. The Bertz CT molecular complexity index is 405. The lowest BCUT2D eigenvalue weighted by molar-refractivity contribution is -0.137. The maximum absolute atomic E-state index is 10.8. The molecule has 0 fully saturated rings. The second-order valence-corrected chi connectivity index (χ2v) is 3.80. The molecule has 4 N–H and O–H groups in total. The zero-order valence-electron chi connectivity index (χ0n) is 9.93. The Balaban J connectivity index is 2.19. The summed E-state index contributed by atoms with van der Waals surface area (Å²) in [5, 5.41) is 18.9. The Labute approximate surface area is 104 Å². The zero-order valence-corrected chi connectivity index (χ0v) is 9.93. The fourth-order valence-electron chi connectivity index (χ4n) is 1.35. The van der Waals surface area contributed by atoms with Crippen molar-refractivity contribution in [1.82, 2.24) is 10.2 Å². The van der Waals surface area contributed by atoms with Crippen LogP contribution in [0.4, 0.5) is 5.82 Å². The largest absolute Gasteiger partial charge is 0.481 e. The minimum absolute atomic E-state index is 0.127. The number of amides is 1. The summed E-state index contributed by atoms with van der Waals surface area (Å²) in [6.07, 6.45) is 2.56. The highest BCUT2D eigenvalue weighted by Gasteiger charge is 2.02. The van der Waals surface area contributed by atoms with Gasteiger partial charge in [0.2, 0.25) is 0 Å². The fourth-order valence-corrected chi connectivity index (χ4v) is 1.35. The van der Waals surface area contributed by atoms with Crippen molar-refractivity contribution in [1.29, 1.82) is 0 Å². The highest BCUT2D eigenvalue weighted by atomic mass is 16.4. The molecule has 0 aliphatic carbocycles. The van der Waals surface area contributed by atoms with Gasteiger partial charge in [-0.05, 0) is 25.0 Å². The summed E-state index contributed by atoms with van der Waals surface area (Å²) >= 11 is 0. The van der Waals surface area contributed by atoms with Crippen molar-refractivity contribution in [2.24, 2.45) is 5.73 Å². The van der Waals surface area contributed by atoms with E-state index >= 15 is 0 Å². The number of anilines is 1. The lowest BCUT2D eigenvalue weighted by Gasteiger charge is -2.04. The summed E-state index contributed by atoms with van der Waals surface area (Å²) < 4.78 is 0. The molecule has 0 bridgehead atoms. The molecule has 1 heterocycles. The minimum Gasteiger partial charge on any atom is -0.481 e. The number of aromatic nitrogens is 2. The normalized spacial score (nSPS) is 10.0. The van der Waals surface area contributed by atoms with Crippen LogP contribution in [0.2, 0.25) is 0 Å². The van der Waals surface area contributed by atoms with E-state index in [1.165, 1.54) is 6.07 Å². The van der Waals surface area contributed by atoms with E-state index in [1.807, 2.05) is 0 Å². The maximum atomic E-state index is 10.8. The zero-order chi connectivity index (χ0) is 13.4.